The molecule has 3 nitrogen and oxygen atoms in total. The van der Waals surface area contributed by atoms with Crippen LogP contribution in [0.5, 0.6) is 0 Å². The molecule has 1 rings (SSSR count). The van der Waals surface area contributed by atoms with E-state index < -0.39 is 0 Å². The maximum atomic E-state index is 4.36. The lowest BCUT2D eigenvalue weighted by Crippen LogP contribution is -2.27. The summed E-state index contributed by atoms with van der Waals surface area (Å²) in [5.41, 5.74) is 1.04. The Morgan fingerprint density at radius 3 is 3.00 bits per heavy atom. The Morgan fingerprint density at radius 2 is 2.31 bits per heavy atom. The van der Waals surface area contributed by atoms with Crippen LogP contribution in [0.15, 0.2) is 17.4 Å². The van der Waals surface area contributed by atoms with E-state index >= 15 is 0 Å². The van der Waals surface area contributed by atoms with Gasteiger partial charge >= 0.3 is 0 Å². The van der Waals surface area contributed by atoms with E-state index in [1.54, 1.807) is 11.8 Å². The number of hydrogen-bond acceptors (Lipinski definition) is 4. The van der Waals surface area contributed by atoms with Crippen molar-refractivity contribution in [1.82, 2.24) is 15.3 Å². The van der Waals surface area contributed by atoms with Gasteiger partial charge in [0.2, 0.25) is 0 Å². The van der Waals surface area contributed by atoms with E-state index in [2.05, 4.69) is 29.1 Å². The summed E-state index contributed by atoms with van der Waals surface area (Å²) in [6.07, 6.45) is 4.17. The third kappa shape index (κ3) is 5.47. The zero-order valence-corrected chi connectivity index (χ0v) is 11.2. The van der Waals surface area contributed by atoms with Gasteiger partial charge in [0, 0.05) is 23.7 Å². The zero-order chi connectivity index (χ0) is 11.8. The van der Waals surface area contributed by atoms with Gasteiger partial charge in [-0.1, -0.05) is 18.7 Å². The Balaban J connectivity index is 2.20. The van der Waals surface area contributed by atoms with Crippen LogP contribution in [0, 0.1) is 6.92 Å². The third-order valence-electron chi connectivity index (χ3n) is 2.30. The molecule has 90 valence electrons. The molecule has 0 aromatic carbocycles. The number of aromatic nitrogens is 2. The van der Waals surface area contributed by atoms with Crippen LogP contribution in [0.4, 0.5) is 0 Å². The van der Waals surface area contributed by atoms with Crippen LogP contribution in [-0.2, 0) is 0 Å². The fourth-order valence-corrected chi connectivity index (χ4v) is 2.31. The Kier molecular flexibility index (Phi) is 6.42. The summed E-state index contributed by atoms with van der Waals surface area (Å²) in [6, 6.07) is 2.51. The van der Waals surface area contributed by atoms with Crippen molar-refractivity contribution < 1.29 is 0 Å². The first-order valence-electron chi connectivity index (χ1n) is 5.88. The van der Waals surface area contributed by atoms with Crippen LogP contribution in [0.3, 0.4) is 0 Å². The summed E-state index contributed by atoms with van der Waals surface area (Å²) in [6.45, 7) is 7.52. The second-order valence-corrected chi connectivity index (χ2v) is 5.03. The molecular formula is C12H21N3S. The van der Waals surface area contributed by atoms with Gasteiger partial charge in [0.05, 0.1) is 0 Å². The topological polar surface area (TPSA) is 37.8 Å². The number of thioether (sulfide) groups is 1. The molecular weight excluding hydrogens is 218 g/mol. The molecule has 1 N–H and O–H groups in total. The maximum Gasteiger partial charge on any atom is 0.187 e. The van der Waals surface area contributed by atoms with Crippen LogP contribution in [0.25, 0.3) is 0 Å². The highest BCUT2D eigenvalue weighted by Crippen LogP contribution is 2.14. The van der Waals surface area contributed by atoms with Gasteiger partial charge in [0.25, 0.3) is 0 Å². The molecule has 1 unspecified atom stereocenters. The molecule has 1 aromatic rings. The smallest absolute Gasteiger partial charge is 0.187 e. The lowest BCUT2D eigenvalue weighted by atomic mass is 10.2. The molecule has 0 aliphatic heterocycles. The summed E-state index contributed by atoms with van der Waals surface area (Å²) in [4.78, 5) is 8.59. The Bertz CT molecular complexity index is 304. The normalized spacial score (nSPS) is 12.7. The SMILES string of the molecule is CCCNC(C)CCSc1nccc(C)n1. The second kappa shape index (κ2) is 7.63. The highest BCUT2D eigenvalue weighted by Gasteiger charge is 2.02. The van der Waals surface area contributed by atoms with Crippen LogP contribution in [0.1, 0.15) is 32.4 Å². The number of nitrogens with one attached hydrogen (secondary N) is 1. The lowest BCUT2D eigenvalue weighted by molar-refractivity contribution is 0.536. The molecule has 0 spiro atoms. The van der Waals surface area contributed by atoms with Crippen LogP contribution in [0.2, 0.25) is 0 Å². The molecule has 0 saturated carbocycles. The van der Waals surface area contributed by atoms with E-state index in [-0.39, 0.29) is 0 Å². The van der Waals surface area contributed by atoms with Gasteiger partial charge in [-0.3, -0.25) is 0 Å². The van der Waals surface area contributed by atoms with Crippen molar-refractivity contribution in [2.45, 2.75) is 44.8 Å². The minimum absolute atomic E-state index is 0.581. The number of nitrogens with zero attached hydrogens (tertiary/aromatic N) is 2. The van der Waals surface area contributed by atoms with E-state index in [0.29, 0.717) is 6.04 Å². The van der Waals surface area contributed by atoms with Gasteiger partial charge in [0.15, 0.2) is 5.16 Å². The average Bonchev–Trinajstić information content (AvgIpc) is 2.26. The van der Waals surface area contributed by atoms with E-state index in [4.69, 9.17) is 0 Å². The van der Waals surface area contributed by atoms with Crippen molar-refractivity contribution in [3.63, 3.8) is 0 Å². The minimum Gasteiger partial charge on any atom is -0.314 e. The van der Waals surface area contributed by atoms with Crippen molar-refractivity contribution in [3.05, 3.63) is 18.0 Å². The molecule has 1 aromatic heterocycles. The largest absolute Gasteiger partial charge is 0.314 e. The predicted molar refractivity (Wildman–Crippen MR) is 69.9 cm³/mol. The summed E-state index contributed by atoms with van der Waals surface area (Å²) < 4.78 is 0. The van der Waals surface area contributed by atoms with Gasteiger partial charge in [0.1, 0.15) is 0 Å². The summed E-state index contributed by atoms with van der Waals surface area (Å²) >= 11 is 1.73. The van der Waals surface area contributed by atoms with Crippen molar-refractivity contribution in [2.24, 2.45) is 0 Å². The summed E-state index contributed by atoms with van der Waals surface area (Å²) in [5, 5.41) is 4.37. The molecule has 0 amide bonds. The number of rotatable bonds is 7. The Hall–Kier alpha value is -0.610. The third-order valence-corrected chi connectivity index (χ3v) is 3.19. The maximum absolute atomic E-state index is 4.36. The van der Waals surface area contributed by atoms with E-state index in [1.165, 1.54) is 6.42 Å². The van der Waals surface area contributed by atoms with Crippen LogP contribution >= 0.6 is 11.8 Å². The molecule has 0 aliphatic carbocycles. The van der Waals surface area contributed by atoms with Crippen molar-refractivity contribution >= 4 is 11.8 Å². The van der Waals surface area contributed by atoms with Gasteiger partial charge < -0.3 is 5.32 Å². The van der Waals surface area contributed by atoms with Gasteiger partial charge in [-0.2, -0.15) is 0 Å². The van der Waals surface area contributed by atoms with E-state index in [0.717, 1.165) is 29.6 Å². The number of aryl methyl sites for hydroxylation is 1. The van der Waals surface area contributed by atoms with Crippen molar-refractivity contribution in [3.8, 4) is 0 Å². The molecule has 0 saturated heterocycles. The fourth-order valence-electron chi connectivity index (χ4n) is 1.32. The molecule has 16 heavy (non-hydrogen) atoms. The first-order chi connectivity index (χ1) is 7.72. The predicted octanol–water partition coefficient (Wildman–Crippen LogP) is 2.66. The van der Waals surface area contributed by atoms with Crippen molar-refractivity contribution in [1.29, 1.82) is 0 Å². The summed E-state index contributed by atoms with van der Waals surface area (Å²) in [5.74, 6) is 1.07. The first kappa shape index (κ1) is 13.5. The Morgan fingerprint density at radius 1 is 1.50 bits per heavy atom. The molecule has 0 fully saturated rings. The molecule has 0 aliphatic rings. The quantitative estimate of drug-likeness (QED) is 0.586. The van der Waals surface area contributed by atoms with E-state index in [1.807, 2.05) is 19.2 Å². The monoisotopic (exact) mass is 239 g/mol. The number of hydrogen-bond donors (Lipinski definition) is 1. The van der Waals surface area contributed by atoms with Crippen LogP contribution < -0.4 is 5.32 Å². The molecule has 0 bridgehead atoms. The molecule has 1 atom stereocenters. The Labute approximate surface area is 102 Å². The van der Waals surface area contributed by atoms with Gasteiger partial charge in [-0.25, -0.2) is 9.97 Å². The minimum atomic E-state index is 0.581. The zero-order valence-electron chi connectivity index (χ0n) is 10.4. The standard InChI is InChI=1S/C12H21N3S/c1-4-7-13-10(2)6-9-16-12-14-8-5-11(3)15-12/h5,8,10,13H,4,6-7,9H2,1-3H3. The highest BCUT2D eigenvalue weighted by molar-refractivity contribution is 7.99. The van der Waals surface area contributed by atoms with Gasteiger partial charge in [-0.15, -0.1) is 0 Å². The molecule has 0 radical (unpaired) electrons. The average molecular weight is 239 g/mol. The fraction of sp³-hybridized carbons (Fsp3) is 0.667. The summed E-state index contributed by atoms with van der Waals surface area (Å²) in [7, 11) is 0. The van der Waals surface area contributed by atoms with E-state index in [9.17, 15) is 0 Å². The second-order valence-electron chi connectivity index (χ2n) is 3.97. The lowest BCUT2D eigenvalue weighted by Gasteiger charge is -2.11. The van der Waals surface area contributed by atoms with Crippen LogP contribution in [-0.4, -0.2) is 28.3 Å². The first-order valence-corrected chi connectivity index (χ1v) is 6.86. The van der Waals surface area contributed by atoms with Gasteiger partial charge in [-0.05, 0) is 39.3 Å². The molecule has 1 heterocycles. The van der Waals surface area contributed by atoms with Crippen molar-refractivity contribution in [2.75, 3.05) is 12.3 Å². The highest BCUT2D eigenvalue weighted by atomic mass is 32.2. The molecule has 4 heteroatoms.